The predicted molar refractivity (Wildman–Crippen MR) is 69.3 cm³/mol. The summed E-state index contributed by atoms with van der Waals surface area (Å²) in [6, 6.07) is 14.2. The minimum atomic E-state index is 0.122. The summed E-state index contributed by atoms with van der Waals surface area (Å²) >= 11 is 1.77. The lowest BCUT2D eigenvalue weighted by atomic mass is 10.1. The van der Waals surface area contributed by atoms with Crippen LogP contribution < -0.4 is 0 Å². The highest BCUT2D eigenvalue weighted by Crippen LogP contribution is 2.33. The molecule has 1 nitrogen and oxygen atoms in total. The van der Waals surface area contributed by atoms with Crippen molar-refractivity contribution >= 4 is 37.3 Å². The molecular formula is C14H10OS. The Labute approximate surface area is 97.3 Å². The van der Waals surface area contributed by atoms with Gasteiger partial charge in [-0.25, -0.2) is 0 Å². The third kappa shape index (κ3) is 1.34. The summed E-state index contributed by atoms with van der Waals surface area (Å²) in [5, 5.41) is 2.43. The number of carbonyl (C=O) groups excluding carboxylic acids is 1. The van der Waals surface area contributed by atoms with E-state index in [-0.39, 0.29) is 5.78 Å². The van der Waals surface area contributed by atoms with E-state index in [0.29, 0.717) is 0 Å². The molecule has 78 valence electrons. The van der Waals surface area contributed by atoms with Crippen molar-refractivity contribution in [2.75, 3.05) is 0 Å². The van der Waals surface area contributed by atoms with E-state index in [2.05, 4.69) is 12.1 Å². The topological polar surface area (TPSA) is 17.1 Å². The molecule has 2 heteroatoms. The normalized spacial score (nSPS) is 11.1. The van der Waals surface area contributed by atoms with Gasteiger partial charge in [0.05, 0.1) is 0 Å². The number of rotatable bonds is 1. The Morgan fingerprint density at radius 3 is 2.56 bits per heavy atom. The molecular weight excluding hydrogens is 216 g/mol. The van der Waals surface area contributed by atoms with E-state index < -0.39 is 0 Å². The standard InChI is InChI=1S/C14H10OS/c1-9(15)10-6-7-14-12(8-10)11-4-2-3-5-13(11)16-14/h2-8H,1H3. The van der Waals surface area contributed by atoms with Crippen molar-refractivity contribution in [1.82, 2.24) is 0 Å². The van der Waals surface area contributed by atoms with Gasteiger partial charge in [0.15, 0.2) is 5.78 Å². The zero-order valence-electron chi connectivity index (χ0n) is 8.86. The lowest BCUT2D eigenvalue weighted by molar-refractivity contribution is 0.101. The van der Waals surface area contributed by atoms with Gasteiger partial charge < -0.3 is 0 Å². The largest absolute Gasteiger partial charge is 0.295 e. The molecule has 3 aromatic rings. The Hall–Kier alpha value is -1.67. The smallest absolute Gasteiger partial charge is 0.159 e. The van der Waals surface area contributed by atoms with Gasteiger partial charge in [-0.1, -0.05) is 18.2 Å². The molecule has 0 radical (unpaired) electrons. The van der Waals surface area contributed by atoms with Crippen molar-refractivity contribution in [2.45, 2.75) is 6.92 Å². The third-order valence-corrected chi connectivity index (χ3v) is 3.94. The number of fused-ring (bicyclic) bond motifs is 3. The number of ketones is 1. The highest BCUT2D eigenvalue weighted by molar-refractivity contribution is 7.25. The zero-order valence-corrected chi connectivity index (χ0v) is 9.67. The maximum atomic E-state index is 11.4. The minimum Gasteiger partial charge on any atom is -0.295 e. The first-order valence-corrected chi connectivity index (χ1v) is 5.99. The van der Waals surface area contributed by atoms with Crippen LogP contribution >= 0.6 is 11.3 Å². The van der Waals surface area contributed by atoms with Crippen LogP contribution in [0.4, 0.5) is 0 Å². The molecule has 0 bridgehead atoms. The summed E-state index contributed by atoms with van der Waals surface area (Å²) in [5.41, 5.74) is 0.788. The number of benzene rings is 2. The predicted octanol–water partition coefficient (Wildman–Crippen LogP) is 4.26. The Kier molecular flexibility index (Phi) is 2.04. The van der Waals surface area contributed by atoms with Crippen molar-refractivity contribution in [3.8, 4) is 0 Å². The van der Waals surface area contributed by atoms with Crippen molar-refractivity contribution in [3.05, 3.63) is 48.0 Å². The van der Waals surface area contributed by atoms with Crippen molar-refractivity contribution < 1.29 is 4.79 Å². The summed E-state index contributed by atoms with van der Waals surface area (Å²) in [5.74, 6) is 0.122. The molecule has 16 heavy (non-hydrogen) atoms. The number of hydrogen-bond donors (Lipinski definition) is 0. The van der Waals surface area contributed by atoms with Crippen LogP contribution in [0.3, 0.4) is 0 Å². The van der Waals surface area contributed by atoms with E-state index in [1.54, 1.807) is 18.3 Å². The first kappa shape index (κ1) is 9.55. The summed E-state index contributed by atoms with van der Waals surface area (Å²) in [4.78, 5) is 11.4. The average Bonchev–Trinajstić information content (AvgIpc) is 2.66. The molecule has 0 aliphatic rings. The van der Waals surface area contributed by atoms with Crippen molar-refractivity contribution in [2.24, 2.45) is 0 Å². The van der Waals surface area contributed by atoms with E-state index in [1.165, 1.54) is 20.2 Å². The maximum absolute atomic E-state index is 11.4. The zero-order chi connectivity index (χ0) is 11.1. The van der Waals surface area contributed by atoms with Gasteiger partial charge in [-0.2, -0.15) is 0 Å². The highest BCUT2D eigenvalue weighted by atomic mass is 32.1. The van der Waals surface area contributed by atoms with Crippen LogP contribution in [0, 0.1) is 0 Å². The molecule has 2 aromatic carbocycles. The first-order valence-electron chi connectivity index (χ1n) is 5.18. The molecule has 3 rings (SSSR count). The summed E-state index contributed by atoms with van der Waals surface area (Å²) in [6.07, 6.45) is 0. The molecule has 0 fully saturated rings. The Balaban J connectivity index is 2.44. The Morgan fingerprint density at radius 1 is 1.00 bits per heavy atom. The van der Waals surface area contributed by atoms with Crippen LogP contribution in [0.5, 0.6) is 0 Å². The van der Waals surface area contributed by atoms with Crippen LogP contribution in [0.25, 0.3) is 20.2 Å². The van der Waals surface area contributed by atoms with E-state index in [0.717, 1.165) is 5.56 Å². The van der Waals surface area contributed by atoms with Gasteiger partial charge in [0.25, 0.3) is 0 Å². The second-order valence-electron chi connectivity index (χ2n) is 3.87. The van der Waals surface area contributed by atoms with Gasteiger partial charge >= 0.3 is 0 Å². The SMILES string of the molecule is CC(=O)c1ccc2sc3ccccc3c2c1. The van der Waals surface area contributed by atoms with E-state index >= 15 is 0 Å². The fourth-order valence-corrected chi connectivity index (χ4v) is 3.03. The van der Waals surface area contributed by atoms with Crippen LogP contribution in [-0.4, -0.2) is 5.78 Å². The molecule has 0 atom stereocenters. The van der Waals surface area contributed by atoms with Crippen LogP contribution in [0.1, 0.15) is 17.3 Å². The third-order valence-electron chi connectivity index (χ3n) is 2.78. The quantitative estimate of drug-likeness (QED) is 0.567. The first-order chi connectivity index (χ1) is 7.75. The second kappa shape index (κ2) is 3.42. The number of hydrogen-bond acceptors (Lipinski definition) is 2. The fraction of sp³-hybridized carbons (Fsp3) is 0.0714. The van der Waals surface area contributed by atoms with Crippen molar-refractivity contribution in [3.63, 3.8) is 0 Å². The Morgan fingerprint density at radius 2 is 1.75 bits per heavy atom. The Bertz CT molecular complexity index is 694. The van der Waals surface area contributed by atoms with Gasteiger partial charge in [0.1, 0.15) is 0 Å². The summed E-state index contributed by atoms with van der Waals surface area (Å²) < 4.78 is 2.52. The second-order valence-corrected chi connectivity index (χ2v) is 4.95. The molecule has 0 spiro atoms. The highest BCUT2D eigenvalue weighted by Gasteiger charge is 2.06. The number of carbonyl (C=O) groups is 1. The number of Topliss-reactive ketones (excluding diaryl/α,β-unsaturated/α-hetero) is 1. The minimum absolute atomic E-state index is 0.122. The molecule has 0 unspecified atom stereocenters. The lowest BCUT2D eigenvalue weighted by Crippen LogP contribution is -1.89. The average molecular weight is 226 g/mol. The fourth-order valence-electron chi connectivity index (χ4n) is 1.95. The maximum Gasteiger partial charge on any atom is 0.159 e. The molecule has 1 aromatic heterocycles. The van der Waals surface area contributed by atoms with Crippen LogP contribution in [-0.2, 0) is 0 Å². The lowest BCUT2D eigenvalue weighted by Gasteiger charge is -1.95. The molecule has 1 heterocycles. The summed E-state index contributed by atoms with van der Waals surface area (Å²) in [7, 11) is 0. The van der Waals surface area contributed by atoms with E-state index in [9.17, 15) is 4.79 Å². The number of thiophene rings is 1. The van der Waals surface area contributed by atoms with Crippen molar-refractivity contribution in [1.29, 1.82) is 0 Å². The monoisotopic (exact) mass is 226 g/mol. The van der Waals surface area contributed by atoms with E-state index in [1.807, 2.05) is 30.3 Å². The molecule has 0 aliphatic heterocycles. The van der Waals surface area contributed by atoms with Gasteiger partial charge in [0.2, 0.25) is 0 Å². The molecule has 0 saturated heterocycles. The molecule has 0 amide bonds. The van der Waals surface area contributed by atoms with Gasteiger partial charge in [-0.05, 0) is 31.2 Å². The van der Waals surface area contributed by atoms with Crippen LogP contribution in [0.2, 0.25) is 0 Å². The van der Waals surface area contributed by atoms with Gasteiger partial charge in [0, 0.05) is 25.7 Å². The van der Waals surface area contributed by atoms with Crippen LogP contribution in [0.15, 0.2) is 42.5 Å². The van der Waals surface area contributed by atoms with Gasteiger partial charge in [-0.3, -0.25) is 4.79 Å². The molecule has 0 aliphatic carbocycles. The summed E-state index contributed by atoms with van der Waals surface area (Å²) in [6.45, 7) is 1.61. The van der Waals surface area contributed by atoms with Gasteiger partial charge in [-0.15, -0.1) is 11.3 Å². The molecule has 0 saturated carbocycles. The van der Waals surface area contributed by atoms with E-state index in [4.69, 9.17) is 0 Å². The molecule has 0 N–H and O–H groups in total.